The molecule has 6 nitrogen and oxygen atoms in total. The third kappa shape index (κ3) is 3.26. The van der Waals surface area contributed by atoms with Crippen LogP contribution < -0.4 is 5.73 Å². The van der Waals surface area contributed by atoms with Crippen LogP contribution in [0.2, 0.25) is 0 Å². The number of anilines is 1. The quantitative estimate of drug-likeness (QED) is 0.789. The lowest BCUT2D eigenvalue weighted by molar-refractivity contribution is 0.0791. The Kier molecular flexibility index (Phi) is 4.31. The molecule has 1 saturated heterocycles. The van der Waals surface area contributed by atoms with E-state index < -0.39 is 0 Å². The SMILES string of the molecule is Nc1ncc(-c2ccc(C(=O)N3CCC(c4cccnc4)C3)cc2)cn1. The molecule has 4 rings (SSSR count). The number of hydrogen-bond acceptors (Lipinski definition) is 5. The predicted octanol–water partition coefficient (Wildman–Crippen LogP) is 2.75. The zero-order chi connectivity index (χ0) is 17.9. The number of carbonyl (C=O) groups is 1. The van der Waals surface area contributed by atoms with E-state index in [1.54, 1.807) is 18.6 Å². The molecular formula is C20H19N5O. The summed E-state index contributed by atoms with van der Waals surface area (Å²) in [5, 5.41) is 0. The van der Waals surface area contributed by atoms with Gasteiger partial charge in [-0.3, -0.25) is 9.78 Å². The van der Waals surface area contributed by atoms with Crippen molar-refractivity contribution in [3.63, 3.8) is 0 Å². The van der Waals surface area contributed by atoms with Crippen molar-refractivity contribution >= 4 is 11.9 Å². The van der Waals surface area contributed by atoms with Gasteiger partial charge in [-0.25, -0.2) is 9.97 Å². The van der Waals surface area contributed by atoms with Crippen molar-refractivity contribution in [1.29, 1.82) is 0 Å². The van der Waals surface area contributed by atoms with Gasteiger partial charge in [0.1, 0.15) is 0 Å². The van der Waals surface area contributed by atoms with Crippen molar-refractivity contribution in [3.8, 4) is 11.1 Å². The first-order chi connectivity index (χ1) is 12.7. The van der Waals surface area contributed by atoms with Crippen molar-refractivity contribution in [2.24, 2.45) is 0 Å². The van der Waals surface area contributed by atoms with Gasteiger partial charge in [-0.05, 0) is 35.7 Å². The average molecular weight is 345 g/mol. The molecule has 0 spiro atoms. The Morgan fingerprint density at radius 3 is 2.50 bits per heavy atom. The molecule has 1 aliphatic rings. The number of hydrogen-bond donors (Lipinski definition) is 1. The van der Waals surface area contributed by atoms with Crippen LogP contribution in [0.4, 0.5) is 5.95 Å². The van der Waals surface area contributed by atoms with Crippen LogP contribution in [0.25, 0.3) is 11.1 Å². The normalized spacial score (nSPS) is 16.6. The summed E-state index contributed by atoms with van der Waals surface area (Å²) in [5.74, 6) is 0.674. The molecule has 0 aliphatic carbocycles. The fourth-order valence-electron chi connectivity index (χ4n) is 3.31. The fourth-order valence-corrected chi connectivity index (χ4v) is 3.31. The van der Waals surface area contributed by atoms with E-state index in [1.165, 1.54) is 5.56 Å². The van der Waals surface area contributed by atoms with Crippen molar-refractivity contribution in [2.45, 2.75) is 12.3 Å². The highest BCUT2D eigenvalue weighted by atomic mass is 16.2. The molecule has 1 aliphatic heterocycles. The second-order valence-corrected chi connectivity index (χ2v) is 6.43. The highest BCUT2D eigenvalue weighted by Crippen LogP contribution is 2.28. The summed E-state index contributed by atoms with van der Waals surface area (Å²) in [5.41, 5.74) is 9.23. The average Bonchev–Trinajstić information content (AvgIpc) is 3.19. The van der Waals surface area contributed by atoms with E-state index in [0.717, 1.165) is 30.6 Å². The van der Waals surface area contributed by atoms with Crippen LogP contribution in [0.1, 0.15) is 28.3 Å². The van der Waals surface area contributed by atoms with Gasteiger partial charge < -0.3 is 10.6 Å². The maximum absolute atomic E-state index is 12.8. The third-order valence-electron chi connectivity index (χ3n) is 4.77. The topological polar surface area (TPSA) is 85.0 Å². The molecule has 2 aromatic heterocycles. The Morgan fingerprint density at radius 1 is 1.04 bits per heavy atom. The molecule has 2 N–H and O–H groups in total. The number of nitrogen functional groups attached to an aromatic ring is 1. The van der Waals surface area contributed by atoms with E-state index in [9.17, 15) is 4.79 Å². The molecule has 3 heterocycles. The minimum Gasteiger partial charge on any atom is -0.368 e. The molecular weight excluding hydrogens is 326 g/mol. The van der Waals surface area contributed by atoms with Gasteiger partial charge in [-0.15, -0.1) is 0 Å². The number of carbonyl (C=O) groups excluding carboxylic acids is 1. The number of amides is 1. The van der Waals surface area contributed by atoms with E-state index in [-0.39, 0.29) is 11.9 Å². The number of likely N-dealkylation sites (tertiary alicyclic amines) is 1. The number of aromatic nitrogens is 3. The summed E-state index contributed by atoms with van der Waals surface area (Å²) in [6, 6.07) is 11.6. The Morgan fingerprint density at radius 2 is 1.81 bits per heavy atom. The highest BCUT2D eigenvalue weighted by Gasteiger charge is 2.28. The summed E-state index contributed by atoms with van der Waals surface area (Å²) < 4.78 is 0. The van der Waals surface area contributed by atoms with Gasteiger partial charge >= 0.3 is 0 Å². The zero-order valence-electron chi connectivity index (χ0n) is 14.2. The van der Waals surface area contributed by atoms with Crippen LogP contribution in [0.3, 0.4) is 0 Å². The van der Waals surface area contributed by atoms with Crippen LogP contribution in [0, 0.1) is 0 Å². The number of pyridine rings is 1. The standard InChI is InChI=1S/C20H19N5O/c21-20-23-11-18(12-24-20)14-3-5-15(6-4-14)19(26)25-9-7-17(13-25)16-2-1-8-22-10-16/h1-6,8,10-12,17H,7,9,13H2,(H2,21,23,24). The second-order valence-electron chi connectivity index (χ2n) is 6.43. The van der Waals surface area contributed by atoms with Crippen LogP contribution >= 0.6 is 0 Å². The molecule has 3 aromatic rings. The molecule has 26 heavy (non-hydrogen) atoms. The Bertz CT molecular complexity index is 894. The highest BCUT2D eigenvalue weighted by molar-refractivity contribution is 5.95. The largest absolute Gasteiger partial charge is 0.368 e. The smallest absolute Gasteiger partial charge is 0.253 e. The van der Waals surface area contributed by atoms with Crippen LogP contribution in [-0.2, 0) is 0 Å². The number of nitrogens with zero attached hydrogens (tertiary/aromatic N) is 4. The molecule has 1 fully saturated rings. The minimum atomic E-state index is 0.0662. The van der Waals surface area contributed by atoms with E-state index >= 15 is 0 Å². The maximum atomic E-state index is 12.8. The molecule has 130 valence electrons. The van der Waals surface area contributed by atoms with Gasteiger partial charge in [0, 0.05) is 54.9 Å². The van der Waals surface area contributed by atoms with Gasteiger partial charge in [0.25, 0.3) is 5.91 Å². The van der Waals surface area contributed by atoms with Gasteiger partial charge in [0.15, 0.2) is 0 Å². The summed E-state index contributed by atoms with van der Waals surface area (Å²) >= 11 is 0. The Labute approximate surface area is 151 Å². The summed E-state index contributed by atoms with van der Waals surface area (Å²) in [6.45, 7) is 1.50. The maximum Gasteiger partial charge on any atom is 0.253 e. The number of benzene rings is 1. The summed E-state index contributed by atoms with van der Waals surface area (Å²) in [7, 11) is 0. The Hall–Kier alpha value is -3.28. The number of nitrogens with two attached hydrogens (primary N) is 1. The number of rotatable bonds is 3. The van der Waals surface area contributed by atoms with Crippen LogP contribution in [0.15, 0.2) is 61.2 Å². The molecule has 0 bridgehead atoms. The lowest BCUT2D eigenvalue weighted by atomic mass is 10.0. The summed E-state index contributed by atoms with van der Waals surface area (Å²) in [4.78, 5) is 26.9. The van der Waals surface area contributed by atoms with Gasteiger partial charge in [-0.1, -0.05) is 18.2 Å². The van der Waals surface area contributed by atoms with Crippen LogP contribution in [-0.4, -0.2) is 38.8 Å². The van der Waals surface area contributed by atoms with Crippen molar-refractivity contribution in [1.82, 2.24) is 19.9 Å². The van der Waals surface area contributed by atoms with Gasteiger partial charge in [0.05, 0.1) is 0 Å². The molecule has 1 unspecified atom stereocenters. The lowest BCUT2D eigenvalue weighted by Gasteiger charge is -2.17. The first kappa shape index (κ1) is 16.2. The molecule has 6 heteroatoms. The van der Waals surface area contributed by atoms with E-state index in [2.05, 4.69) is 21.0 Å². The fraction of sp³-hybridized carbons (Fsp3) is 0.200. The molecule has 0 saturated carbocycles. The molecule has 1 aromatic carbocycles. The van der Waals surface area contributed by atoms with E-state index in [0.29, 0.717) is 11.5 Å². The van der Waals surface area contributed by atoms with Crippen molar-refractivity contribution in [2.75, 3.05) is 18.8 Å². The monoisotopic (exact) mass is 345 g/mol. The van der Waals surface area contributed by atoms with Crippen molar-refractivity contribution in [3.05, 3.63) is 72.3 Å². The predicted molar refractivity (Wildman–Crippen MR) is 99.4 cm³/mol. The van der Waals surface area contributed by atoms with Crippen molar-refractivity contribution < 1.29 is 4.79 Å². The molecule has 0 radical (unpaired) electrons. The lowest BCUT2D eigenvalue weighted by Crippen LogP contribution is -2.28. The third-order valence-corrected chi connectivity index (χ3v) is 4.77. The van der Waals surface area contributed by atoms with Crippen LogP contribution in [0.5, 0.6) is 0 Å². The van der Waals surface area contributed by atoms with E-state index in [1.807, 2.05) is 41.4 Å². The first-order valence-electron chi connectivity index (χ1n) is 8.58. The second kappa shape index (κ2) is 6.92. The van der Waals surface area contributed by atoms with E-state index in [4.69, 9.17) is 5.73 Å². The van der Waals surface area contributed by atoms with Gasteiger partial charge in [0.2, 0.25) is 5.95 Å². The zero-order valence-corrected chi connectivity index (χ0v) is 14.2. The molecule has 1 atom stereocenters. The minimum absolute atomic E-state index is 0.0662. The Balaban J connectivity index is 1.46. The molecule has 1 amide bonds. The van der Waals surface area contributed by atoms with Gasteiger partial charge in [-0.2, -0.15) is 0 Å². The first-order valence-corrected chi connectivity index (χ1v) is 8.58. The summed E-state index contributed by atoms with van der Waals surface area (Å²) in [6.07, 6.45) is 7.99.